The van der Waals surface area contributed by atoms with Crippen LogP contribution in [0, 0.1) is 13.8 Å². The van der Waals surface area contributed by atoms with Crippen LogP contribution in [-0.2, 0) is 24.1 Å². The maximum Gasteiger partial charge on any atom is 0.307 e. The minimum Gasteiger partial charge on any atom is -0.481 e. The Bertz CT molecular complexity index is 994. The standard InChI is InChI=1S/C22H25N3O2S/c1-5-17-14(4)23-22(19-11-13(3)18(6-2)28-19)25-21(17)24-16-9-7-15(8-10-16)12-20(26)27/h7-11H,5-6,12H2,1-4H3,(H,26,27)(H,23,24,25). The van der Waals surface area contributed by atoms with Gasteiger partial charge in [0.2, 0.25) is 0 Å². The van der Waals surface area contributed by atoms with Crippen LogP contribution >= 0.6 is 11.3 Å². The molecule has 0 atom stereocenters. The third-order valence-corrected chi connectivity index (χ3v) is 6.08. The van der Waals surface area contributed by atoms with Gasteiger partial charge in [0.15, 0.2) is 5.82 Å². The van der Waals surface area contributed by atoms with E-state index in [-0.39, 0.29) is 6.42 Å². The third-order valence-electron chi connectivity index (χ3n) is 4.70. The van der Waals surface area contributed by atoms with Gasteiger partial charge in [0.05, 0.1) is 11.3 Å². The molecule has 3 rings (SSSR count). The topological polar surface area (TPSA) is 75.1 Å². The van der Waals surface area contributed by atoms with E-state index >= 15 is 0 Å². The summed E-state index contributed by atoms with van der Waals surface area (Å²) in [7, 11) is 0. The van der Waals surface area contributed by atoms with Crippen molar-refractivity contribution in [1.29, 1.82) is 0 Å². The molecule has 0 aliphatic carbocycles. The lowest BCUT2D eigenvalue weighted by Crippen LogP contribution is -2.05. The molecule has 28 heavy (non-hydrogen) atoms. The molecule has 0 unspecified atom stereocenters. The van der Waals surface area contributed by atoms with Gasteiger partial charge in [-0.3, -0.25) is 4.79 Å². The van der Waals surface area contributed by atoms with Crippen molar-refractivity contribution in [2.45, 2.75) is 47.0 Å². The van der Waals surface area contributed by atoms with Crippen molar-refractivity contribution < 1.29 is 9.90 Å². The number of nitrogens with zero attached hydrogens (tertiary/aromatic N) is 2. The van der Waals surface area contributed by atoms with E-state index in [0.717, 1.165) is 51.9 Å². The summed E-state index contributed by atoms with van der Waals surface area (Å²) in [6.45, 7) is 8.41. The van der Waals surface area contributed by atoms with E-state index in [1.165, 1.54) is 10.4 Å². The lowest BCUT2D eigenvalue weighted by atomic mass is 10.1. The number of hydrogen-bond acceptors (Lipinski definition) is 5. The Balaban J connectivity index is 1.95. The van der Waals surface area contributed by atoms with E-state index in [9.17, 15) is 4.79 Å². The Labute approximate surface area is 169 Å². The molecule has 2 aromatic heterocycles. The molecular formula is C22H25N3O2S. The maximum absolute atomic E-state index is 10.9. The van der Waals surface area contributed by atoms with Gasteiger partial charge in [-0.1, -0.05) is 26.0 Å². The lowest BCUT2D eigenvalue weighted by Gasteiger charge is -2.14. The van der Waals surface area contributed by atoms with Gasteiger partial charge < -0.3 is 10.4 Å². The van der Waals surface area contributed by atoms with Crippen LogP contribution in [0.15, 0.2) is 30.3 Å². The number of aryl methyl sites for hydroxylation is 3. The van der Waals surface area contributed by atoms with Crippen LogP contribution in [0.4, 0.5) is 11.5 Å². The number of rotatable bonds is 7. The number of thiophene rings is 1. The summed E-state index contributed by atoms with van der Waals surface area (Å²) in [6, 6.07) is 9.59. The Kier molecular flexibility index (Phi) is 6.09. The van der Waals surface area contributed by atoms with Gasteiger partial charge in [-0.2, -0.15) is 0 Å². The lowest BCUT2D eigenvalue weighted by molar-refractivity contribution is -0.136. The fourth-order valence-corrected chi connectivity index (χ4v) is 4.28. The molecule has 2 N–H and O–H groups in total. The van der Waals surface area contributed by atoms with E-state index in [0.29, 0.717) is 0 Å². The van der Waals surface area contributed by atoms with E-state index in [1.54, 1.807) is 11.3 Å². The zero-order chi connectivity index (χ0) is 20.3. The number of carbonyl (C=O) groups is 1. The SMILES string of the molecule is CCc1sc(-c2nc(C)c(CC)c(Nc3ccc(CC(=O)O)cc3)n2)cc1C. The van der Waals surface area contributed by atoms with E-state index in [4.69, 9.17) is 15.1 Å². The molecule has 0 radical (unpaired) electrons. The molecule has 6 heteroatoms. The highest BCUT2D eigenvalue weighted by Crippen LogP contribution is 2.32. The highest BCUT2D eigenvalue weighted by molar-refractivity contribution is 7.15. The van der Waals surface area contributed by atoms with Gasteiger partial charge in [0, 0.05) is 21.8 Å². The molecule has 0 spiro atoms. The van der Waals surface area contributed by atoms with Crippen LogP contribution in [0.5, 0.6) is 0 Å². The molecule has 0 saturated heterocycles. The van der Waals surface area contributed by atoms with E-state index in [1.807, 2.05) is 31.2 Å². The first-order chi connectivity index (χ1) is 13.4. The highest BCUT2D eigenvalue weighted by atomic mass is 32.1. The van der Waals surface area contributed by atoms with Crippen LogP contribution in [0.25, 0.3) is 10.7 Å². The summed E-state index contributed by atoms with van der Waals surface area (Å²) in [4.78, 5) is 22.9. The van der Waals surface area contributed by atoms with Gasteiger partial charge in [0.25, 0.3) is 0 Å². The molecule has 146 valence electrons. The van der Waals surface area contributed by atoms with Gasteiger partial charge >= 0.3 is 5.97 Å². The molecule has 1 aromatic carbocycles. The number of carboxylic acid groups (broad SMARTS) is 1. The first-order valence-corrected chi connectivity index (χ1v) is 10.3. The van der Waals surface area contributed by atoms with Crippen LogP contribution in [0.1, 0.15) is 41.1 Å². The Morgan fingerprint density at radius 1 is 1.11 bits per heavy atom. The van der Waals surface area contributed by atoms with E-state index in [2.05, 4.69) is 32.2 Å². The zero-order valence-corrected chi connectivity index (χ0v) is 17.5. The van der Waals surface area contributed by atoms with Gasteiger partial charge in [-0.05, 0) is 56.0 Å². The number of hydrogen-bond donors (Lipinski definition) is 2. The second kappa shape index (κ2) is 8.52. The molecule has 0 bridgehead atoms. The Hall–Kier alpha value is -2.73. The molecule has 2 heterocycles. The molecule has 3 aromatic rings. The molecule has 0 saturated carbocycles. The fraction of sp³-hybridized carbons (Fsp3) is 0.318. The van der Waals surface area contributed by atoms with Gasteiger partial charge in [-0.25, -0.2) is 9.97 Å². The number of aliphatic carboxylic acids is 1. The summed E-state index contributed by atoms with van der Waals surface area (Å²) >= 11 is 1.75. The number of carboxylic acids is 1. The third kappa shape index (κ3) is 4.39. The van der Waals surface area contributed by atoms with Crippen LogP contribution in [0.2, 0.25) is 0 Å². The molecule has 0 fully saturated rings. The quantitative estimate of drug-likeness (QED) is 0.566. The smallest absolute Gasteiger partial charge is 0.307 e. The van der Waals surface area contributed by atoms with Crippen LogP contribution in [-0.4, -0.2) is 21.0 Å². The normalized spacial score (nSPS) is 10.9. The minimum atomic E-state index is -0.831. The van der Waals surface area contributed by atoms with Crippen molar-refractivity contribution in [2.75, 3.05) is 5.32 Å². The second-order valence-electron chi connectivity index (χ2n) is 6.78. The largest absolute Gasteiger partial charge is 0.481 e. The molecule has 0 aliphatic rings. The van der Waals surface area contributed by atoms with Crippen molar-refractivity contribution in [2.24, 2.45) is 0 Å². The number of anilines is 2. The molecule has 5 nitrogen and oxygen atoms in total. The van der Waals surface area contributed by atoms with Crippen molar-refractivity contribution in [3.05, 3.63) is 57.6 Å². The monoisotopic (exact) mass is 395 g/mol. The molecule has 0 amide bonds. The summed E-state index contributed by atoms with van der Waals surface area (Å²) in [5.74, 6) is 0.718. The van der Waals surface area contributed by atoms with Crippen molar-refractivity contribution in [3.8, 4) is 10.7 Å². The summed E-state index contributed by atoms with van der Waals surface area (Å²) in [5, 5.41) is 12.3. The number of aromatic nitrogens is 2. The van der Waals surface area contributed by atoms with E-state index < -0.39 is 5.97 Å². The number of benzene rings is 1. The van der Waals surface area contributed by atoms with Crippen LogP contribution in [0.3, 0.4) is 0 Å². The fourth-order valence-electron chi connectivity index (χ4n) is 3.23. The maximum atomic E-state index is 10.9. The van der Waals surface area contributed by atoms with Crippen molar-refractivity contribution in [1.82, 2.24) is 9.97 Å². The molecular weight excluding hydrogens is 370 g/mol. The van der Waals surface area contributed by atoms with Crippen molar-refractivity contribution in [3.63, 3.8) is 0 Å². The average Bonchev–Trinajstić information content (AvgIpc) is 3.03. The summed E-state index contributed by atoms with van der Waals surface area (Å²) in [6.07, 6.45) is 1.86. The van der Waals surface area contributed by atoms with Crippen molar-refractivity contribution >= 4 is 28.8 Å². The average molecular weight is 396 g/mol. The van der Waals surface area contributed by atoms with Gasteiger partial charge in [-0.15, -0.1) is 11.3 Å². The number of nitrogens with one attached hydrogen (secondary N) is 1. The zero-order valence-electron chi connectivity index (χ0n) is 16.7. The minimum absolute atomic E-state index is 0.0226. The second-order valence-corrected chi connectivity index (χ2v) is 7.91. The Morgan fingerprint density at radius 2 is 1.82 bits per heavy atom. The highest BCUT2D eigenvalue weighted by Gasteiger charge is 2.15. The first kappa shape index (κ1) is 20.0. The Morgan fingerprint density at radius 3 is 2.39 bits per heavy atom. The summed E-state index contributed by atoms with van der Waals surface area (Å²) in [5.41, 5.74) is 5.00. The predicted molar refractivity (Wildman–Crippen MR) is 115 cm³/mol. The predicted octanol–water partition coefficient (Wildman–Crippen LogP) is 5.32. The van der Waals surface area contributed by atoms with Crippen LogP contribution < -0.4 is 5.32 Å². The first-order valence-electron chi connectivity index (χ1n) is 9.46. The van der Waals surface area contributed by atoms with Gasteiger partial charge in [0.1, 0.15) is 5.82 Å². The molecule has 0 aliphatic heterocycles. The summed E-state index contributed by atoms with van der Waals surface area (Å²) < 4.78 is 0.